The van der Waals surface area contributed by atoms with Gasteiger partial charge in [-0.3, -0.25) is 0 Å². The highest BCUT2D eigenvalue weighted by Gasteiger charge is 2.19. The van der Waals surface area contributed by atoms with Crippen molar-refractivity contribution < 1.29 is 9.13 Å². The molecule has 0 spiro atoms. The summed E-state index contributed by atoms with van der Waals surface area (Å²) in [6.45, 7) is 4.65. The van der Waals surface area contributed by atoms with Crippen LogP contribution in [-0.4, -0.2) is 22.7 Å². The fraction of sp³-hybridized carbons (Fsp3) is 0.500. The van der Waals surface area contributed by atoms with Gasteiger partial charge in [0.05, 0.1) is 6.61 Å². The van der Waals surface area contributed by atoms with Gasteiger partial charge >= 0.3 is 0 Å². The van der Waals surface area contributed by atoms with Crippen LogP contribution in [0.2, 0.25) is 0 Å². The maximum Gasteiger partial charge on any atom is 0.126 e. The van der Waals surface area contributed by atoms with Gasteiger partial charge in [-0.15, -0.1) is 0 Å². The third-order valence-corrected chi connectivity index (χ3v) is 4.39. The first-order chi connectivity index (χ1) is 11.2. The lowest BCUT2D eigenvalue weighted by Crippen LogP contribution is -2.22. The molecule has 0 bridgehead atoms. The molecular weight excluding hydrogens is 293 g/mol. The van der Waals surface area contributed by atoms with Crippen molar-refractivity contribution in [1.82, 2.24) is 14.9 Å². The van der Waals surface area contributed by atoms with Crippen molar-refractivity contribution in [2.24, 2.45) is 0 Å². The van der Waals surface area contributed by atoms with E-state index in [0.717, 1.165) is 50.2 Å². The highest BCUT2D eigenvalue weighted by Crippen LogP contribution is 2.31. The van der Waals surface area contributed by atoms with E-state index < -0.39 is 0 Å². The van der Waals surface area contributed by atoms with Gasteiger partial charge in [0.25, 0.3) is 0 Å². The SMILES string of the molecule is Cc1nccn1CCCCN[C@@H]1CCCOc2cc(F)ccc21. The zero-order valence-corrected chi connectivity index (χ0v) is 13.6. The number of halogens is 1. The monoisotopic (exact) mass is 317 g/mol. The summed E-state index contributed by atoms with van der Waals surface area (Å²) in [4.78, 5) is 4.23. The molecule has 4 nitrogen and oxygen atoms in total. The third-order valence-electron chi connectivity index (χ3n) is 4.39. The van der Waals surface area contributed by atoms with Gasteiger partial charge in [-0.05, 0) is 45.2 Å². The molecule has 3 rings (SSSR count). The average molecular weight is 317 g/mol. The lowest BCUT2D eigenvalue weighted by molar-refractivity contribution is 0.313. The fourth-order valence-corrected chi connectivity index (χ4v) is 3.08. The Kier molecular flexibility index (Phi) is 5.28. The number of nitrogens with zero attached hydrogens (tertiary/aromatic N) is 2. The zero-order valence-electron chi connectivity index (χ0n) is 13.6. The van der Waals surface area contributed by atoms with Gasteiger partial charge in [0.2, 0.25) is 0 Å². The van der Waals surface area contributed by atoms with E-state index in [1.165, 1.54) is 12.1 Å². The van der Waals surface area contributed by atoms with Gasteiger partial charge in [0.1, 0.15) is 17.4 Å². The quantitative estimate of drug-likeness (QED) is 0.827. The lowest BCUT2D eigenvalue weighted by atomic mass is 10.0. The van der Waals surface area contributed by atoms with E-state index in [1.54, 1.807) is 0 Å². The first-order valence-electron chi connectivity index (χ1n) is 8.37. The molecule has 0 amide bonds. The number of unbranched alkanes of at least 4 members (excludes halogenated alkanes) is 1. The highest BCUT2D eigenvalue weighted by molar-refractivity contribution is 5.37. The number of hydrogen-bond acceptors (Lipinski definition) is 3. The molecule has 1 aromatic carbocycles. The van der Waals surface area contributed by atoms with Gasteiger partial charge in [-0.25, -0.2) is 9.37 Å². The molecule has 5 heteroatoms. The van der Waals surface area contributed by atoms with Crippen LogP contribution in [0.4, 0.5) is 4.39 Å². The Labute approximate surface area is 136 Å². The number of aromatic nitrogens is 2. The first kappa shape index (κ1) is 16.0. The molecule has 23 heavy (non-hydrogen) atoms. The van der Waals surface area contributed by atoms with E-state index in [0.29, 0.717) is 12.4 Å². The van der Waals surface area contributed by atoms with Crippen molar-refractivity contribution in [2.75, 3.05) is 13.2 Å². The summed E-state index contributed by atoms with van der Waals surface area (Å²) >= 11 is 0. The fourth-order valence-electron chi connectivity index (χ4n) is 3.08. The molecule has 2 aromatic rings. The molecule has 124 valence electrons. The van der Waals surface area contributed by atoms with E-state index in [-0.39, 0.29) is 11.9 Å². The predicted molar refractivity (Wildman–Crippen MR) is 88.1 cm³/mol. The van der Waals surface area contributed by atoms with E-state index in [4.69, 9.17) is 4.74 Å². The maximum absolute atomic E-state index is 13.4. The minimum absolute atomic E-state index is 0.236. The Bertz CT molecular complexity index is 641. The molecule has 0 saturated heterocycles. The molecule has 0 fully saturated rings. The van der Waals surface area contributed by atoms with Gasteiger partial charge in [0, 0.05) is 36.6 Å². The first-order valence-corrected chi connectivity index (χ1v) is 8.37. The Balaban J connectivity index is 1.49. The largest absolute Gasteiger partial charge is 0.493 e. The summed E-state index contributed by atoms with van der Waals surface area (Å²) in [5.74, 6) is 1.52. The van der Waals surface area contributed by atoms with Crippen LogP contribution in [0.1, 0.15) is 43.1 Å². The number of fused-ring (bicyclic) bond motifs is 1. The summed E-state index contributed by atoms with van der Waals surface area (Å²) in [5.41, 5.74) is 1.08. The minimum atomic E-state index is -0.236. The van der Waals surface area contributed by atoms with Crippen LogP contribution in [-0.2, 0) is 6.54 Å². The van der Waals surface area contributed by atoms with E-state index >= 15 is 0 Å². The average Bonchev–Trinajstić information content (AvgIpc) is 2.84. The Morgan fingerprint density at radius 2 is 2.30 bits per heavy atom. The van der Waals surface area contributed by atoms with Gasteiger partial charge < -0.3 is 14.6 Å². The maximum atomic E-state index is 13.4. The van der Waals surface area contributed by atoms with E-state index in [9.17, 15) is 4.39 Å². The van der Waals surface area contributed by atoms with Crippen LogP contribution < -0.4 is 10.1 Å². The molecule has 0 unspecified atom stereocenters. The lowest BCUT2D eigenvalue weighted by Gasteiger charge is -2.18. The molecule has 0 radical (unpaired) electrons. The van der Waals surface area contributed by atoms with Crippen molar-refractivity contribution in [2.45, 2.75) is 45.2 Å². The Morgan fingerprint density at radius 1 is 1.39 bits per heavy atom. The summed E-state index contributed by atoms with van der Waals surface area (Å²) in [6.07, 6.45) is 8.10. The predicted octanol–water partition coefficient (Wildman–Crippen LogP) is 3.61. The van der Waals surface area contributed by atoms with E-state index in [1.807, 2.05) is 25.4 Å². The number of rotatable bonds is 6. The van der Waals surface area contributed by atoms with Crippen LogP contribution in [0.15, 0.2) is 30.6 Å². The number of hydrogen-bond donors (Lipinski definition) is 1. The number of ether oxygens (including phenoxy) is 1. The number of aryl methyl sites for hydroxylation is 2. The number of nitrogens with one attached hydrogen (secondary N) is 1. The Morgan fingerprint density at radius 3 is 3.13 bits per heavy atom. The zero-order chi connectivity index (χ0) is 16.1. The van der Waals surface area contributed by atoms with Crippen LogP contribution in [0.5, 0.6) is 5.75 Å². The third kappa shape index (κ3) is 4.10. The van der Waals surface area contributed by atoms with Crippen molar-refractivity contribution in [1.29, 1.82) is 0 Å². The second-order valence-electron chi connectivity index (χ2n) is 6.05. The molecule has 1 N–H and O–H groups in total. The van der Waals surface area contributed by atoms with Crippen LogP contribution >= 0.6 is 0 Å². The smallest absolute Gasteiger partial charge is 0.126 e. The van der Waals surface area contributed by atoms with Crippen LogP contribution in [0, 0.1) is 12.7 Å². The summed E-state index contributed by atoms with van der Waals surface area (Å²) in [5, 5.41) is 3.60. The highest BCUT2D eigenvalue weighted by atomic mass is 19.1. The Hall–Kier alpha value is -1.88. The van der Waals surface area contributed by atoms with Crippen LogP contribution in [0.3, 0.4) is 0 Å². The van der Waals surface area contributed by atoms with Crippen LogP contribution in [0.25, 0.3) is 0 Å². The minimum Gasteiger partial charge on any atom is -0.493 e. The molecular formula is C18H24FN3O. The standard InChI is InChI=1S/C18H24FN3O/c1-14-20-9-11-22(14)10-3-2-8-21-17-5-4-12-23-18-13-15(19)6-7-16(17)18/h6-7,9,11,13,17,21H,2-5,8,10,12H2,1H3/t17-/m1/s1. The topological polar surface area (TPSA) is 39.1 Å². The molecule has 2 heterocycles. The van der Waals surface area contributed by atoms with Crippen molar-refractivity contribution in [3.8, 4) is 5.75 Å². The van der Waals surface area contributed by atoms with Gasteiger partial charge in [-0.2, -0.15) is 0 Å². The molecule has 0 saturated carbocycles. The second-order valence-corrected chi connectivity index (χ2v) is 6.05. The van der Waals surface area contributed by atoms with Crippen molar-refractivity contribution in [3.05, 3.63) is 47.8 Å². The normalized spacial score (nSPS) is 17.4. The molecule has 1 atom stereocenters. The van der Waals surface area contributed by atoms with Gasteiger partial charge in [0.15, 0.2) is 0 Å². The summed E-state index contributed by atoms with van der Waals surface area (Å²) < 4.78 is 21.2. The summed E-state index contributed by atoms with van der Waals surface area (Å²) in [7, 11) is 0. The van der Waals surface area contributed by atoms with Gasteiger partial charge in [-0.1, -0.05) is 6.07 Å². The van der Waals surface area contributed by atoms with Crippen molar-refractivity contribution >= 4 is 0 Å². The van der Waals surface area contributed by atoms with Crippen molar-refractivity contribution in [3.63, 3.8) is 0 Å². The molecule has 1 aliphatic rings. The van der Waals surface area contributed by atoms with E-state index in [2.05, 4.69) is 14.9 Å². The second kappa shape index (κ2) is 7.59. The molecule has 1 aromatic heterocycles. The molecule has 1 aliphatic heterocycles. The molecule has 0 aliphatic carbocycles. The number of imidazole rings is 1. The summed E-state index contributed by atoms with van der Waals surface area (Å²) in [6, 6.07) is 5.12. The number of benzene rings is 1.